The van der Waals surface area contributed by atoms with Crippen LogP contribution in [-0.2, 0) is 19.1 Å². The third kappa shape index (κ3) is 8.20. The lowest BCUT2D eigenvalue weighted by Crippen LogP contribution is -2.58. The Morgan fingerprint density at radius 2 is 1.68 bits per heavy atom. The standard InChI is InChI=1S/C29H46N4O5/c1-10-19(3)24(31-25(34)21(5)32(9)28(37)38-29(6,7)8)27(36)33-17-18(2)16-23(33)26(35)30-20(4)22-14-12-11-13-15-22/h11-15,18-21,23-24H,10,16-17H2,1-9H3,(H,30,35)(H,31,34)/t18-,19-,20+,21-,23-,24-/m0/s1. The summed E-state index contributed by atoms with van der Waals surface area (Å²) in [6, 6.07) is 7.18. The van der Waals surface area contributed by atoms with E-state index in [9.17, 15) is 19.2 Å². The Balaban J connectivity index is 2.17. The number of hydrogen-bond donors (Lipinski definition) is 2. The first-order chi connectivity index (χ1) is 17.7. The zero-order valence-corrected chi connectivity index (χ0v) is 24.4. The second-order valence-corrected chi connectivity index (χ2v) is 11.6. The van der Waals surface area contributed by atoms with Crippen LogP contribution in [0.25, 0.3) is 0 Å². The summed E-state index contributed by atoms with van der Waals surface area (Å²) in [4.78, 5) is 55.6. The maximum atomic E-state index is 13.8. The Kier molecular flexibility index (Phi) is 10.7. The number of carbonyl (C=O) groups is 4. The maximum absolute atomic E-state index is 13.8. The number of hydrogen-bond acceptors (Lipinski definition) is 5. The Morgan fingerprint density at radius 1 is 1.08 bits per heavy atom. The number of benzene rings is 1. The van der Waals surface area contributed by atoms with Gasteiger partial charge in [-0.1, -0.05) is 57.5 Å². The minimum atomic E-state index is -0.854. The highest BCUT2D eigenvalue weighted by atomic mass is 16.6. The summed E-state index contributed by atoms with van der Waals surface area (Å²) in [7, 11) is 1.49. The molecule has 0 unspecified atom stereocenters. The Labute approximate surface area is 227 Å². The van der Waals surface area contributed by atoms with E-state index in [4.69, 9.17) is 4.74 Å². The van der Waals surface area contributed by atoms with Crippen LogP contribution in [-0.4, -0.2) is 70.9 Å². The molecule has 0 bridgehead atoms. The predicted octanol–water partition coefficient (Wildman–Crippen LogP) is 3.89. The molecule has 1 aliphatic rings. The van der Waals surface area contributed by atoms with Crippen molar-refractivity contribution in [2.45, 2.75) is 98.0 Å². The summed E-state index contributed by atoms with van der Waals surface area (Å²) in [5, 5.41) is 5.92. The molecule has 6 atom stereocenters. The first kappa shape index (κ1) is 31.1. The van der Waals surface area contributed by atoms with Gasteiger partial charge >= 0.3 is 6.09 Å². The van der Waals surface area contributed by atoms with Gasteiger partial charge in [0.15, 0.2) is 0 Å². The molecule has 4 amide bonds. The van der Waals surface area contributed by atoms with Crippen molar-refractivity contribution in [3.63, 3.8) is 0 Å². The minimum Gasteiger partial charge on any atom is -0.444 e. The lowest BCUT2D eigenvalue weighted by atomic mass is 9.97. The summed E-state index contributed by atoms with van der Waals surface area (Å²) in [6.07, 6.45) is 0.584. The highest BCUT2D eigenvalue weighted by Gasteiger charge is 2.42. The van der Waals surface area contributed by atoms with E-state index in [1.54, 1.807) is 32.6 Å². The number of carbonyl (C=O) groups excluding carboxylic acids is 4. The van der Waals surface area contributed by atoms with Gasteiger partial charge in [-0.15, -0.1) is 0 Å². The van der Waals surface area contributed by atoms with Crippen molar-refractivity contribution in [1.29, 1.82) is 0 Å². The molecule has 1 aromatic carbocycles. The molecule has 0 aromatic heterocycles. The van der Waals surface area contributed by atoms with Gasteiger partial charge in [0.2, 0.25) is 17.7 Å². The van der Waals surface area contributed by atoms with E-state index in [1.807, 2.05) is 58.0 Å². The molecule has 38 heavy (non-hydrogen) atoms. The van der Waals surface area contributed by atoms with Gasteiger partial charge in [0.05, 0.1) is 6.04 Å². The quantitative estimate of drug-likeness (QED) is 0.504. The van der Waals surface area contributed by atoms with Crippen LogP contribution < -0.4 is 10.6 Å². The van der Waals surface area contributed by atoms with E-state index in [1.165, 1.54) is 11.9 Å². The van der Waals surface area contributed by atoms with E-state index in [0.29, 0.717) is 19.4 Å². The second-order valence-electron chi connectivity index (χ2n) is 11.6. The zero-order chi connectivity index (χ0) is 28.8. The predicted molar refractivity (Wildman–Crippen MR) is 147 cm³/mol. The molecule has 2 N–H and O–H groups in total. The molecule has 9 heteroatoms. The molecule has 1 fully saturated rings. The number of nitrogens with one attached hydrogen (secondary N) is 2. The topological polar surface area (TPSA) is 108 Å². The van der Waals surface area contributed by atoms with Crippen molar-refractivity contribution in [2.24, 2.45) is 11.8 Å². The molecule has 1 saturated heterocycles. The molecular weight excluding hydrogens is 484 g/mol. The van der Waals surface area contributed by atoms with Crippen LogP contribution in [0.5, 0.6) is 0 Å². The van der Waals surface area contributed by atoms with E-state index >= 15 is 0 Å². The molecule has 0 aliphatic carbocycles. The van der Waals surface area contributed by atoms with Crippen LogP contribution in [0.2, 0.25) is 0 Å². The Hall–Kier alpha value is -3.10. The lowest BCUT2D eigenvalue weighted by Gasteiger charge is -2.33. The third-order valence-electron chi connectivity index (χ3n) is 7.17. The van der Waals surface area contributed by atoms with Crippen LogP contribution in [0.15, 0.2) is 30.3 Å². The number of likely N-dealkylation sites (tertiary alicyclic amines) is 1. The van der Waals surface area contributed by atoms with Crippen molar-refractivity contribution < 1.29 is 23.9 Å². The largest absolute Gasteiger partial charge is 0.444 e. The number of amides is 4. The van der Waals surface area contributed by atoms with E-state index in [0.717, 1.165) is 5.56 Å². The number of rotatable bonds is 9. The lowest BCUT2D eigenvalue weighted by molar-refractivity contribution is -0.143. The molecule has 0 saturated carbocycles. The third-order valence-corrected chi connectivity index (χ3v) is 7.17. The summed E-state index contributed by atoms with van der Waals surface area (Å²) >= 11 is 0. The molecule has 212 valence electrons. The van der Waals surface area contributed by atoms with Crippen LogP contribution >= 0.6 is 0 Å². The summed E-state index contributed by atoms with van der Waals surface area (Å²) in [5.74, 6) is -0.966. The van der Waals surface area contributed by atoms with E-state index < -0.39 is 35.7 Å². The van der Waals surface area contributed by atoms with Crippen molar-refractivity contribution in [2.75, 3.05) is 13.6 Å². The van der Waals surface area contributed by atoms with Crippen LogP contribution in [0.1, 0.15) is 79.8 Å². The van der Waals surface area contributed by atoms with Gasteiger partial charge in [0.1, 0.15) is 23.7 Å². The van der Waals surface area contributed by atoms with Gasteiger partial charge < -0.3 is 20.3 Å². The molecule has 2 rings (SSSR count). The van der Waals surface area contributed by atoms with Crippen LogP contribution in [0, 0.1) is 11.8 Å². The monoisotopic (exact) mass is 530 g/mol. The first-order valence-electron chi connectivity index (χ1n) is 13.6. The number of ether oxygens (including phenoxy) is 1. The van der Waals surface area contributed by atoms with Gasteiger partial charge in [-0.05, 0) is 58.4 Å². The molecule has 0 spiro atoms. The smallest absolute Gasteiger partial charge is 0.410 e. The van der Waals surface area contributed by atoms with Gasteiger partial charge in [0.25, 0.3) is 0 Å². The van der Waals surface area contributed by atoms with Gasteiger partial charge in [-0.2, -0.15) is 0 Å². The molecular formula is C29H46N4O5. The van der Waals surface area contributed by atoms with Gasteiger partial charge in [-0.3, -0.25) is 19.3 Å². The highest BCUT2D eigenvalue weighted by molar-refractivity contribution is 5.94. The Bertz CT molecular complexity index is 977. The normalized spacial score (nSPS) is 20.6. The van der Waals surface area contributed by atoms with Crippen LogP contribution in [0.4, 0.5) is 4.79 Å². The molecule has 1 aliphatic heterocycles. The van der Waals surface area contributed by atoms with Gasteiger partial charge in [0, 0.05) is 13.6 Å². The van der Waals surface area contributed by atoms with Crippen molar-refractivity contribution in [3.05, 3.63) is 35.9 Å². The molecule has 1 aromatic rings. The number of likely N-dealkylation sites (N-methyl/N-ethyl adjacent to an activating group) is 1. The first-order valence-corrected chi connectivity index (χ1v) is 13.6. The number of nitrogens with zero attached hydrogens (tertiary/aromatic N) is 2. The van der Waals surface area contributed by atoms with Gasteiger partial charge in [-0.25, -0.2) is 4.79 Å². The zero-order valence-electron chi connectivity index (χ0n) is 24.4. The van der Waals surface area contributed by atoms with Crippen LogP contribution in [0.3, 0.4) is 0 Å². The molecule has 9 nitrogen and oxygen atoms in total. The summed E-state index contributed by atoms with van der Waals surface area (Å²) < 4.78 is 5.38. The fourth-order valence-electron chi connectivity index (χ4n) is 4.48. The van der Waals surface area contributed by atoms with E-state index in [2.05, 4.69) is 10.6 Å². The average molecular weight is 531 g/mol. The minimum absolute atomic E-state index is 0.146. The SMILES string of the molecule is CC[C@H](C)[C@H](NC(=O)[C@H](C)N(C)C(=O)OC(C)(C)C)C(=O)N1C[C@@H](C)C[C@H]1C(=O)N[C@H](C)c1ccccc1. The summed E-state index contributed by atoms with van der Waals surface area (Å²) in [5.41, 5.74) is 0.286. The molecule has 0 radical (unpaired) electrons. The molecule has 1 heterocycles. The van der Waals surface area contributed by atoms with Crippen molar-refractivity contribution in [3.8, 4) is 0 Å². The van der Waals surface area contributed by atoms with Crippen molar-refractivity contribution >= 4 is 23.8 Å². The highest BCUT2D eigenvalue weighted by Crippen LogP contribution is 2.26. The van der Waals surface area contributed by atoms with E-state index in [-0.39, 0.29) is 29.7 Å². The summed E-state index contributed by atoms with van der Waals surface area (Å²) in [6.45, 7) is 15.1. The fraction of sp³-hybridized carbons (Fsp3) is 0.655. The average Bonchev–Trinajstić information content (AvgIpc) is 3.26. The maximum Gasteiger partial charge on any atom is 0.410 e. The van der Waals surface area contributed by atoms with Crippen molar-refractivity contribution in [1.82, 2.24) is 20.4 Å². The second kappa shape index (κ2) is 13.1. The fourth-order valence-corrected chi connectivity index (χ4v) is 4.48. The Morgan fingerprint density at radius 3 is 2.24 bits per heavy atom.